The van der Waals surface area contributed by atoms with E-state index in [0.29, 0.717) is 87.7 Å². The molecule has 3 aliphatic rings. The van der Waals surface area contributed by atoms with E-state index < -0.39 is 6.43 Å². The molecule has 0 unspecified atom stereocenters. The highest BCUT2D eigenvalue weighted by Crippen LogP contribution is 2.29. The molecule has 3 fully saturated rings. The molecule has 1 aliphatic carbocycles. The summed E-state index contributed by atoms with van der Waals surface area (Å²) in [7, 11) is 0. The molecule has 3 aromatic rings. The molecular formula is C27H34F2N8O2. The number of halogens is 2. The molecule has 208 valence electrons. The van der Waals surface area contributed by atoms with Crippen molar-refractivity contribution in [2.75, 3.05) is 68.8 Å². The fraction of sp³-hybridized carbons (Fsp3) is 0.556. The topological polar surface area (TPSA) is 91.7 Å². The van der Waals surface area contributed by atoms with Crippen LogP contribution in [0.1, 0.15) is 37.9 Å². The lowest BCUT2D eigenvalue weighted by Crippen LogP contribution is -2.51. The van der Waals surface area contributed by atoms with Gasteiger partial charge in [0, 0.05) is 51.4 Å². The first-order valence-corrected chi connectivity index (χ1v) is 13.8. The number of carbonyl (C=O) groups excluding carboxylic acids is 1. The summed E-state index contributed by atoms with van der Waals surface area (Å²) in [5, 5.41) is 3.41. The van der Waals surface area contributed by atoms with E-state index in [-0.39, 0.29) is 17.7 Å². The Balaban J connectivity index is 1.27. The minimum Gasteiger partial charge on any atom is -0.378 e. The second-order valence-corrected chi connectivity index (χ2v) is 10.3. The van der Waals surface area contributed by atoms with Crippen LogP contribution in [0, 0.1) is 0 Å². The van der Waals surface area contributed by atoms with Gasteiger partial charge in [-0.25, -0.2) is 13.8 Å². The van der Waals surface area contributed by atoms with Gasteiger partial charge < -0.3 is 24.8 Å². The molecule has 1 amide bonds. The van der Waals surface area contributed by atoms with Gasteiger partial charge in [-0.15, -0.1) is 0 Å². The second-order valence-electron chi connectivity index (χ2n) is 10.3. The summed E-state index contributed by atoms with van der Waals surface area (Å²) >= 11 is 0. The Morgan fingerprint density at radius 2 is 1.62 bits per heavy atom. The normalized spacial score (nSPS) is 19.0. The van der Waals surface area contributed by atoms with Gasteiger partial charge in [0.25, 0.3) is 6.43 Å². The van der Waals surface area contributed by atoms with E-state index in [9.17, 15) is 13.6 Å². The van der Waals surface area contributed by atoms with E-state index in [2.05, 4.69) is 20.1 Å². The number of ether oxygens (including phenoxy) is 1. The number of rotatable bonds is 7. The molecule has 1 saturated carbocycles. The molecular weight excluding hydrogens is 506 g/mol. The van der Waals surface area contributed by atoms with Crippen molar-refractivity contribution in [1.29, 1.82) is 0 Å². The van der Waals surface area contributed by atoms with Gasteiger partial charge in [0.15, 0.2) is 5.82 Å². The number of piperazine rings is 1. The van der Waals surface area contributed by atoms with Crippen LogP contribution < -0.4 is 15.1 Å². The summed E-state index contributed by atoms with van der Waals surface area (Å²) in [6.07, 6.45) is 1.95. The molecule has 10 nitrogen and oxygen atoms in total. The van der Waals surface area contributed by atoms with Gasteiger partial charge >= 0.3 is 0 Å². The van der Waals surface area contributed by atoms with Crippen molar-refractivity contribution in [2.24, 2.45) is 0 Å². The Hall–Kier alpha value is -3.38. The summed E-state index contributed by atoms with van der Waals surface area (Å²) in [6, 6.07) is 9.39. The number of hydrogen-bond donors (Lipinski definition) is 1. The lowest BCUT2D eigenvalue weighted by molar-refractivity contribution is -0.130. The predicted molar refractivity (Wildman–Crippen MR) is 144 cm³/mol. The zero-order valence-electron chi connectivity index (χ0n) is 21.9. The minimum absolute atomic E-state index is 0.116. The maximum absolute atomic E-state index is 14.1. The molecule has 39 heavy (non-hydrogen) atoms. The van der Waals surface area contributed by atoms with Crippen LogP contribution in [0.2, 0.25) is 0 Å². The Morgan fingerprint density at radius 3 is 2.31 bits per heavy atom. The third-order valence-electron chi connectivity index (χ3n) is 7.86. The van der Waals surface area contributed by atoms with Crippen LogP contribution in [-0.2, 0) is 9.53 Å². The Morgan fingerprint density at radius 1 is 0.949 bits per heavy atom. The van der Waals surface area contributed by atoms with Gasteiger partial charge in [-0.3, -0.25) is 9.36 Å². The molecule has 2 aromatic heterocycles. The van der Waals surface area contributed by atoms with Crippen molar-refractivity contribution in [2.45, 2.75) is 38.2 Å². The predicted octanol–water partition coefficient (Wildman–Crippen LogP) is 2.77. The van der Waals surface area contributed by atoms with Gasteiger partial charge in [0.05, 0.1) is 30.8 Å². The van der Waals surface area contributed by atoms with Crippen LogP contribution in [0.25, 0.3) is 17.0 Å². The minimum atomic E-state index is -2.79. The molecule has 12 heteroatoms. The average molecular weight is 541 g/mol. The van der Waals surface area contributed by atoms with Crippen LogP contribution >= 0.6 is 0 Å². The van der Waals surface area contributed by atoms with Gasteiger partial charge in [-0.1, -0.05) is 25.0 Å². The number of benzene rings is 1. The lowest BCUT2D eigenvalue weighted by Gasteiger charge is -2.36. The fourth-order valence-corrected chi connectivity index (χ4v) is 5.69. The molecule has 2 saturated heterocycles. The Bertz CT molecular complexity index is 1300. The van der Waals surface area contributed by atoms with E-state index in [1.165, 1.54) is 17.4 Å². The summed E-state index contributed by atoms with van der Waals surface area (Å²) in [5.41, 5.74) is 0.996. The molecule has 2 aliphatic heterocycles. The van der Waals surface area contributed by atoms with Gasteiger partial charge in [0.1, 0.15) is 11.6 Å². The lowest BCUT2D eigenvalue weighted by atomic mass is 10.2. The van der Waals surface area contributed by atoms with Gasteiger partial charge in [-0.2, -0.15) is 9.97 Å². The summed E-state index contributed by atoms with van der Waals surface area (Å²) in [5.74, 6) is 1.21. The van der Waals surface area contributed by atoms with Crippen LogP contribution in [0.15, 0.2) is 30.3 Å². The highest BCUT2D eigenvalue weighted by atomic mass is 19.3. The number of anilines is 2. The highest BCUT2D eigenvalue weighted by Gasteiger charge is 2.27. The number of nitrogens with one attached hydrogen (secondary N) is 1. The van der Waals surface area contributed by atoms with E-state index >= 15 is 0 Å². The summed E-state index contributed by atoms with van der Waals surface area (Å²) in [6.45, 7) is 5.16. The van der Waals surface area contributed by atoms with E-state index in [4.69, 9.17) is 14.7 Å². The number of morpholine rings is 1. The van der Waals surface area contributed by atoms with Crippen LogP contribution in [0.3, 0.4) is 0 Å². The number of hydrogen-bond acceptors (Lipinski definition) is 8. The molecule has 0 radical (unpaired) electrons. The molecule has 1 aromatic carbocycles. The maximum Gasteiger partial charge on any atom is 0.296 e. The first-order valence-electron chi connectivity index (χ1n) is 13.8. The SMILES string of the molecule is O=C(CNC1CCCC1)N1CCN(c2cc(N3CCOCC3)nc(-n3c(C(F)F)nc4ccccc43)n2)CC1. The first kappa shape index (κ1) is 25.9. The van der Waals surface area contributed by atoms with E-state index in [1.807, 2.05) is 11.0 Å². The zero-order valence-corrected chi connectivity index (χ0v) is 21.9. The Labute approximate surface area is 226 Å². The zero-order chi connectivity index (χ0) is 26.8. The van der Waals surface area contributed by atoms with Crippen molar-refractivity contribution in [3.8, 4) is 5.95 Å². The number of aromatic nitrogens is 4. The maximum atomic E-state index is 14.1. The van der Waals surface area contributed by atoms with Crippen molar-refractivity contribution < 1.29 is 18.3 Å². The van der Waals surface area contributed by atoms with Crippen molar-refractivity contribution in [1.82, 2.24) is 29.7 Å². The molecule has 1 N–H and O–H groups in total. The summed E-state index contributed by atoms with van der Waals surface area (Å²) in [4.78, 5) is 32.6. The molecule has 0 atom stereocenters. The quantitative estimate of drug-likeness (QED) is 0.489. The van der Waals surface area contributed by atoms with Gasteiger partial charge in [0.2, 0.25) is 11.9 Å². The average Bonchev–Trinajstić information content (AvgIpc) is 3.64. The molecule has 0 bridgehead atoms. The van der Waals surface area contributed by atoms with Crippen molar-refractivity contribution >= 4 is 28.6 Å². The van der Waals surface area contributed by atoms with Crippen LogP contribution in [0.4, 0.5) is 20.4 Å². The van der Waals surface area contributed by atoms with Crippen molar-refractivity contribution in [3.63, 3.8) is 0 Å². The van der Waals surface area contributed by atoms with Crippen molar-refractivity contribution in [3.05, 3.63) is 36.2 Å². The van der Waals surface area contributed by atoms with E-state index in [1.54, 1.807) is 24.3 Å². The number of fused-ring (bicyclic) bond motifs is 1. The number of amides is 1. The summed E-state index contributed by atoms with van der Waals surface area (Å²) < 4.78 is 35.1. The smallest absolute Gasteiger partial charge is 0.296 e. The standard InChI is InChI=1S/C27H34F2N8O2/c28-25(29)26-31-20-7-3-4-8-21(20)37(26)27-32-22(17-23(33-27)35-13-15-39-16-14-35)34-9-11-36(12-10-34)24(38)18-30-19-5-1-2-6-19/h3-4,7-8,17,19,25,30H,1-2,5-6,9-16,18H2. The number of nitrogens with zero attached hydrogens (tertiary/aromatic N) is 7. The monoisotopic (exact) mass is 540 g/mol. The highest BCUT2D eigenvalue weighted by molar-refractivity contribution is 5.79. The first-order chi connectivity index (χ1) is 19.1. The second kappa shape index (κ2) is 11.4. The number of carbonyl (C=O) groups is 1. The Kier molecular flexibility index (Phi) is 7.55. The fourth-order valence-electron chi connectivity index (χ4n) is 5.69. The largest absolute Gasteiger partial charge is 0.378 e. The number of para-hydroxylation sites is 2. The third-order valence-corrected chi connectivity index (χ3v) is 7.86. The number of alkyl halides is 2. The third kappa shape index (κ3) is 5.53. The molecule has 4 heterocycles. The molecule has 0 spiro atoms. The van der Waals surface area contributed by atoms with Crippen LogP contribution in [-0.4, -0.2) is 95.4 Å². The van der Waals surface area contributed by atoms with Gasteiger partial charge in [-0.05, 0) is 25.0 Å². The number of imidazole rings is 1. The van der Waals surface area contributed by atoms with Crippen LogP contribution in [0.5, 0.6) is 0 Å². The molecule has 6 rings (SSSR count). The van der Waals surface area contributed by atoms with E-state index in [0.717, 1.165) is 12.8 Å².